The first kappa shape index (κ1) is 18.9. The van der Waals surface area contributed by atoms with Crippen molar-refractivity contribution in [2.24, 2.45) is 0 Å². The number of hydrogen-bond acceptors (Lipinski definition) is 5. The molecule has 1 aromatic heterocycles. The summed E-state index contributed by atoms with van der Waals surface area (Å²) in [6.45, 7) is 2.23. The zero-order valence-electron chi connectivity index (χ0n) is 15.3. The maximum Gasteiger partial charge on any atom is 0.260 e. The van der Waals surface area contributed by atoms with Crippen molar-refractivity contribution in [1.29, 1.82) is 0 Å². The molecule has 1 N–H and O–H groups in total. The van der Waals surface area contributed by atoms with Crippen LogP contribution in [0.5, 0.6) is 11.5 Å². The van der Waals surface area contributed by atoms with Gasteiger partial charge >= 0.3 is 0 Å². The number of ether oxygens (including phenoxy) is 2. The van der Waals surface area contributed by atoms with E-state index in [1.807, 2.05) is 47.8 Å². The highest BCUT2D eigenvalue weighted by Gasteiger charge is 2.16. The van der Waals surface area contributed by atoms with Crippen molar-refractivity contribution in [1.82, 2.24) is 10.3 Å². The van der Waals surface area contributed by atoms with Crippen LogP contribution in [-0.2, 0) is 11.2 Å². The van der Waals surface area contributed by atoms with Crippen molar-refractivity contribution in [3.8, 4) is 22.1 Å². The number of rotatable bonds is 8. The van der Waals surface area contributed by atoms with Crippen molar-refractivity contribution in [2.45, 2.75) is 19.4 Å². The molecule has 0 bridgehead atoms. The number of benzene rings is 2. The van der Waals surface area contributed by atoms with Gasteiger partial charge in [0.25, 0.3) is 5.91 Å². The molecule has 0 radical (unpaired) electrons. The van der Waals surface area contributed by atoms with Gasteiger partial charge in [0.2, 0.25) is 0 Å². The first-order valence-corrected chi connectivity index (χ1v) is 9.62. The predicted molar refractivity (Wildman–Crippen MR) is 107 cm³/mol. The Hall–Kier alpha value is -2.86. The zero-order chi connectivity index (χ0) is 19.1. The molecule has 0 aliphatic carbocycles. The summed E-state index contributed by atoms with van der Waals surface area (Å²) in [6, 6.07) is 17.3. The molecule has 0 fully saturated rings. The third-order valence-electron chi connectivity index (χ3n) is 3.99. The summed E-state index contributed by atoms with van der Waals surface area (Å²) < 4.78 is 11.0. The second-order valence-corrected chi connectivity index (χ2v) is 6.82. The normalized spacial score (nSPS) is 11.6. The number of para-hydroxylation sites is 2. The average Bonchev–Trinajstić information content (AvgIpc) is 3.18. The lowest BCUT2D eigenvalue weighted by atomic mass is 10.2. The Kier molecular flexibility index (Phi) is 6.44. The van der Waals surface area contributed by atoms with E-state index in [2.05, 4.69) is 10.3 Å². The maximum atomic E-state index is 12.3. The minimum atomic E-state index is -0.614. The van der Waals surface area contributed by atoms with Crippen molar-refractivity contribution in [2.75, 3.05) is 13.7 Å². The smallest absolute Gasteiger partial charge is 0.260 e. The molecule has 0 spiro atoms. The van der Waals surface area contributed by atoms with E-state index in [1.54, 1.807) is 37.5 Å². The molecule has 0 unspecified atom stereocenters. The zero-order valence-corrected chi connectivity index (χ0v) is 16.2. The van der Waals surface area contributed by atoms with E-state index in [0.717, 1.165) is 16.3 Å². The predicted octanol–water partition coefficient (Wildman–Crippen LogP) is 3.94. The van der Waals surface area contributed by atoms with Gasteiger partial charge in [0.15, 0.2) is 17.6 Å². The maximum absolute atomic E-state index is 12.3. The molecule has 27 heavy (non-hydrogen) atoms. The van der Waals surface area contributed by atoms with Gasteiger partial charge in [-0.3, -0.25) is 4.79 Å². The molecule has 1 heterocycles. The van der Waals surface area contributed by atoms with E-state index in [0.29, 0.717) is 24.5 Å². The molecule has 0 saturated carbocycles. The summed E-state index contributed by atoms with van der Waals surface area (Å²) in [6.07, 6.45) is 0.0628. The van der Waals surface area contributed by atoms with Gasteiger partial charge < -0.3 is 14.8 Å². The molecule has 3 aromatic rings. The second kappa shape index (κ2) is 9.19. The number of aromatic nitrogens is 1. The van der Waals surface area contributed by atoms with Crippen LogP contribution in [0.2, 0.25) is 0 Å². The van der Waals surface area contributed by atoms with Crippen LogP contribution in [0.3, 0.4) is 0 Å². The summed E-state index contributed by atoms with van der Waals surface area (Å²) in [7, 11) is 1.57. The summed E-state index contributed by atoms with van der Waals surface area (Å²) in [5.74, 6) is 0.988. The summed E-state index contributed by atoms with van der Waals surface area (Å²) >= 11 is 1.61. The molecule has 0 saturated heterocycles. The molecule has 0 aliphatic heterocycles. The summed E-state index contributed by atoms with van der Waals surface area (Å²) in [4.78, 5) is 16.9. The molecular weight excluding hydrogens is 360 g/mol. The number of carbonyl (C=O) groups excluding carboxylic acids is 1. The van der Waals surface area contributed by atoms with E-state index < -0.39 is 6.10 Å². The minimum absolute atomic E-state index is 0.167. The molecule has 3 rings (SSSR count). The summed E-state index contributed by atoms with van der Waals surface area (Å²) in [5, 5.41) is 5.92. The van der Waals surface area contributed by atoms with Crippen molar-refractivity contribution in [3.63, 3.8) is 0 Å². The third kappa shape index (κ3) is 5.08. The number of methoxy groups -OCH3 is 1. The average molecular weight is 382 g/mol. The fourth-order valence-electron chi connectivity index (χ4n) is 2.55. The first-order chi connectivity index (χ1) is 13.2. The standard InChI is InChI=1S/C21H22N2O3S/c1-15(26-19-11-7-6-10-18(19)25-2)20(24)22-13-12-17-14-27-21(23-17)16-8-4-3-5-9-16/h3-11,14-15H,12-13H2,1-2H3,(H,22,24)/t15-/m0/s1. The van der Waals surface area contributed by atoms with E-state index in [9.17, 15) is 4.79 Å². The molecule has 2 aromatic carbocycles. The Morgan fingerprint density at radius 2 is 1.81 bits per heavy atom. The van der Waals surface area contributed by atoms with Crippen LogP contribution in [0.4, 0.5) is 0 Å². The monoisotopic (exact) mass is 382 g/mol. The minimum Gasteiger partial charge on any atom is -0.493 e. The molecule has 5 nitrogen and oxygen atoms in total. The molecule has 1 amide bonds. The molecule has 6 heteroatoms. The Morgan fingerprint density at radius 3 is 2.56 bits per heavy atom. The lowest BCUT2D eigenvalue weighted by Gasteiger charge is -2.16. The Bertz CT molecular complexity index is 880. The quantitative estimate of drug-likeness (QED) is 0.641. The number of nitrogens with one attached hydrogen (secondary N) is 1. The molecular formula is C21H22N2O3S. The number of nitrogens with zero attached hydrogens (tertiary/aromatic N) is 1. The Morgan fingerprint density at radius 1 is 1.11 bits per heavy atom. The van der Waals surface area contributed by atoms with E-state index in [-0.39, 0.29) is 5.91 Å². The van der Waals surface area contributed by atoms with E-state index >= 15 is 0 Å². The molecule has 1 atom stereocenters. The van der Waals surface area contributed by atoms with Gasteiger partial charge in [-0.2, -0.15) is 0 Å². The highest BCUT2D eigenvalue weighted by atomic mass is 32.1. The van der Waals surface area contributed by atoms with Crippen LogP contribution < -0.4 is 14.8 Å². The number of amides is 1. The van der Waals surface area contributed by atoms with Gasteiger partial charge in [0.05, 0.1) is 12.8 Å². The molecule has 0 aliphatic rings. The van der Waals surface area contributed by atoms with Gasteiger partial charge in [-0.1, -0.05) is 42.5 Å². The van der Waals surface area contributed by atoms with Crippen LogP contribution >= 0.6 is 11.3 Å². The first-order valence-electron chi connectivity index (χ1n) is 8.74. The number of carbonyl (C=O) groups is 1. The largest absolute Gasteiger partial charge is 0.493 e. The van der Waals surface area contributed by atoms with Gasteiger partial charge in [0.1, 0.15) is 5.01 Å². The lowest BCUT2D eigenvalue weighted by Crippen LogP contribution is -2.37. The fraction of sp³-hybridized carbons (Fsp3) is 0.238. The summed E-state index contributed by atoms with van der Waals surface area (Å²) in [5.41, 5.74) is 2.08. The SMILES string of the molecule is COc1ccccc1O[C@@H](C)C(=O)NCCc1csc(-c2ccccc2)n1. The number of hydrogen-bond donors (Lipinski definition) is 1. The fourth-order valence-corrected chi connectivity index (χ4v) is 3.41. The topological polar surface area (TPSA) is 60.5 Å². The van der Waals surface area contributed by atoms with Crippen LogP contribution in [-0.4, -0.2) is 30.6 Å². The highest BCUT2D eigenvalue weighted by molar-refractivity contribution is 7.13. The van der Waals surface area contributed by atoms with Gasteiger partial charge in [0, 0.05) is 23.9 Å². The van der Waals surface area contributed by atoms with Gasteiger partial charge in [-0.25, -0.2) is 4.98 Å². The van der Waals surface area contributed by atoms with Gasteiger partial charge in [-0.05, 0) is 19.1 Å². The molecule has 140 valence electrons. The van der Waals surface area contributed by atoms with Crippen LogP contribution in [0, 0.1) is 0 Å². The van der Waals surface area contributed by atoms with Crippen molar-refractivity contribution >= 4 is 17.2 Å². The van der Waals surface area contributed by atoms with Gasteiger partial charge in [-0.15, -0.1) is 11.3 Å². The highest BCUT2D eigenvalue weighted by Crippen LogP contribution is 2.27. The Labute approximate surface area is 163 Å². The van der Waals surface area contributed by atoms with E-state index in [4.69, 9.17) is 9.47 Å². The van der Waals surface area contributed by atoms with Crippen LogP contribution in [0.25, 0.3) is 10.6 Å². The third-order valence-corrected chi connectivity index (χ3v) is 4.94. The number of thiazole rings is 1. The van der Waals surface area contributed by atoms with Crippen molar-refractivity contribution in [3.05, 3.63) is 65.7 Å². The second-order valence-electron chi connectivity index (χ2n) is 5.96. The van der Waals surface area contributed by atoms with Crippen molar-refractivity contribution < 1.29 is 14.3 Å². The van der Waals surface area contributed by atoms with Crippen LogP contribution in [0.15, 0.2) is 60.0 Å². The van der Waals surface area contributed by atoms with E-state index in [1.165, 1.54) is 0 Å². The lowest BCUT2D eigenvalue weighted by molar-refractivity contribution is -0.127. The Balaban J connectivity index is 1.49. The van der Waals surface area contributed by atoms with Crippen LogP contribution in [0.1, 0.15) is 12.6 Å².